The Morgan fingerprint density at radius 1 is 1.00 bits per heavy atom. The van der Waals surface area contributed by atoms with Gasteiger partial charge in [0.25, 0.3) is 0 Å². The van der Waals surface area contributed by atoms with Crippen LogP contribution in [0, 0.1) is 0 Å². The van der Waals surface area contributed by atoms with Gasteiger partial charge in [-0.1, -0.05) is 18.2 Å². The highest BCUT2D eigenvalue weighted by molar-refractivity contribution is 7.88. The zero-order chi connectivity index (χ0) is 11.2. The lowest BCUT2D eigenvalue weighted by Crippen LogP contribution is -1.84. The fraction of sp³-hybridized carbons (Fsp3) is 0. The molecule has 0 amide bonds. The topological polar surface area (TPSA) is 30.0 Å². The van der Waals surface area contributed by atoms with E-state index in [0.29, 0.717) is 0 Å². The van der Waals surface area contributed by atoms with Gasteiger partial charge in [-0.2, -0.15) is 0 Å². The molecule has 2 aromatic rings. The fourth-order valence-electron chi connectivity index (χ4n) is 1.25. The van der Waals surface area contributed by atoms with Gasteiger partial charge < -0.3 is 0 Å². The van der Waals surface area contributed by atoms with E-state index in [1.54, 1.807) is 17.8 Å². The standard InChI is InChI=1S/C13H11NOS/c15-16(13-4-2-1-3-5-13)11-8-12-6-9-14-10-7-12/h1-11H/b11-8-. The van der Waals surface area contributed by atoms with Crippen molar-refractivity contribution in [3.63, 3.8) is 0 Å². The molecule has 0 N–H and O–H groups in total. The summed E-state index contributed by atoms with van der Waals surface area (Å²) in [5.74, 6) is 0. The molecule has 0 bridgehead atoms. The van der Waals surface area contributed by atoms with Crippen LogP contribution >= 0.6 is 0 Å². The van der Waals surface area contributed by atoms with Crippen LogP contribution in [-0.4, -0.2) is 9.19 Å². The fourth-order valence-corrected chi connectivity index (χ4v) is 2.11. The van der Waals surface area contributed by atoms with Gasteiger partial charge >= 0.3 is 0 Å². The van der Waals surface area contributed by atoms with Gasteiger partial charge in [0.2, 0.25) is 0 Å². The molecule has 1 aromatic heterocycles. The molecule has 0 aliphatic heterocycles. The first-order valence-electron chi connectivity index (χ1n) is 4.90. The lowest BCUT2D eigenvalue weighted by molar-refractivity contribution is 0.688. The number of rotatable bonds is 3. The maximum Gasteiger partial charge on any atom is 0.0776 e. The summed E-state index contributed by atoms with van der Waals surface area (Å²) in [5.41, 5.74) is 0.999. The largest absolute Gasteiger partial charge is 0.265 e. The van der Waals surface area contributed by atoms with Crippen LogP contribution in [0.3, 0.4) is 0 Å². The zero-order valence-corrected chi connectivity index (χ0v) is 9.43. The van der Waals surface area contributed by atoms with Crippen LogP contribution in [0.15, 0.2) is 65.2 Å². The number of hydrogen-bond donors (Lipinski definition) is 0. The first-order valence-corrected chi connectivity index (χ1v) is 6.11. The predicted molar refractivity (Wildman–Crippen MR) is 66.1 cm³/mol. The minimum atomic E-state index is -1.08. The Kier molecular flexibility index (Phi) is 3.62. The highest BCUT2D eigenvalue weighted by atomic mass is 32.2. The Bertz CT molecular complexity index is 494. The third kappa shape index (κ3) is 2.87. The van der Waals surface area contributed by atoms with Gasteiger partial charge in [-0.25, -0.2) is 4.21 Å². The van der Waals surface area contributed by atoms with Gasteiger partial charge in [-0.15, -0.1) is 0 Å². The van der Waals surface area contributed by atoms with Crippen LogP contribution in [0.2, 0.25) is 0 Å². The first-order chi connectivity index (χ1) is 7.86. The summed E-state index contributed by atoms with van der Waals surface area (Å²) in [6.45, 7) is 0. The van der Waals surface area contributed by atoms with Crippen LogP contribution in [0.25, 0.3) is 6.08 Å². The van der Waals surface area contributed by atoms with Crippen molar-refractivity contribution in [1.82, 2.24) is 4.98 Å². The van der Waals surface area contributed by atoms with E-state index >= 15 is 0 Å². The molecule has 2 nitrogen and oxygen atoms in total. The monoisotopic (exact) mass is 229 g/mol. The SMILES string of the molecule is O=S(/C=C\c1ccncc1)c1ccccc1. The van der Waals surface area contributed by atoms with Gasteiger partial charge in [-0.3, -0.25) is 4.98 Å². The van der Waals surface area contributed by atoms with Gasteiger partial charge in [-0.05, 0) is 35.9 Å². The lowest BCUT2D eigenvalue weighted by Gasteiger charge is -1.95. The van der Waals surface area contributed by atoms with E-state index in [2.05, 4.69) is 4.98 Å². The minimum absolute atomic E-state index is 0.813. The third-order valence-corrected chi connectivity index (χ3v) is 3.19. The number of pyridine rings is 1. The van der Waals surface area contributed by atoms with Crippen LogP contribution in [0.4, 0.5) is 0 Å². The Balaban J connectivity index is 2.12. The summed E-state index contributed by atoms with van der Waals surface area (Å²) in [7, 11) is -1.08. The Morgan fingerprint density at radius 2 is 1.69 bits per heavy atom. The quantitative estimate of drug-likeness (QED) is 0.810. The molecule has 1 atom stereocenters. The number of benzene rings is 1. The molecule has 0 spiro atoms. The predicted octanol–water partition coefficient (Wildman–Crippen LogP) is 2.86. The summed E-state index contributed by atoms with van der Waals surface area (Å²) in [6, 6.07) is 13.1. The van der Waals surface area contributed by atoms with Gasteiger partial charge in [0, 0.05) is 22.7 Å². The first kappa shape index (κ1) is 10.8. The second-order valence-electron chi connectivity index (χ2n) is 3.19. The number of hydrogen-bond acceptors (Lipinski definition) is 2. The van der Waals surface area contributed by atoms with E-state index in [4.69, 9.17) is 0 Å². The molecule has 0 fully saturated rings. The van der Waals surface area contributed by atoms with Crippen LogP contribution in [0.5, 0.6) is 0 Å². The van der Waals surface area contributed by atoms with E-state index in [-0.39, 0.29) is 0 Å². The van der Waals surface area contributed by atoms with Gasteiger partial charge in [0.15, 0.2) is 0 Å². The maximum absolute atomic E-state index is 11.8. The van der Waals surface area contributed by atoms with Crippen molar-refractivity contribution >= 4 is 16.9 Å². The van der Waals surface area contributed by atoms with Crippen molar-refractivity contribution in [3.05, 3.63) is 65.8 Å². The normalized spacial score (nSPS) is 12.8. The molecule has 0 aliphatic carbocycles. The summed E-state index contributed by atoms with van der Waals surface area (Å²) in [4.78, 5) is 4.73. The molecule has 2 rings (SSSR count). The Labute approximate surface area is 97.1 Å². The summed E-state index contributed by atoms with van der Waals surface area (Å²) in [5, 5.41) is 1.69. The highest BCUT2D eigenvalue weighted by Gasteiger charge is 1.96. The molecule has 16 heavy (non-hydrogen) atoms. The van der Waals surface area contributed by atoms with Crippen LogP contribution < -0.4 is 0 Å². The molecule has 1 aromatic carbocycles. The minimum Gasteiger partial charge on any atom is -0.265 e. The average Bonchev–Trinajstić information content (AvgIpc) is 2.38. The molecular formula is C13H11NOS. The summed E-state index contributed by atoms with van der Waals surface area (Å²) < 4.78 is 11.8. The van der Waals surface area contributed by atoms with Crippen molar-refractivity contribution in [3.8, 4) is 0 Å². The molecule has 0 saturated carbocycles. The number of aromatic nitrogens is 1. The van der Waals surface area contributed by atoms with E-state index in [9.17, 15) is 4.21 Å². The number of nitrogens with zero attached hydrogens (tertiary/aromatic N) is 1. The van der Waals surface area contributed by atoms with Crippen molar-refractivity contribution < 1.29 is 4.21 Å². The second-order valence-corrected chi connectivity index (χ2v) is 4.53. The smallest absolute Gasteiger partial charge is 0.0776 e. The van der Waals surface area contributed by atoms with Crippen molar-refractivity contribution in [2.75, 3.05) is 0 Å². The van der Waals surface area contributed by atoms with E-state index in [0.717, 1.165) is 10.5 Å². The second kappa shape index (κ2) is 5.37. The average molecular weight is 229 g/mol. The Hall–Kier alpha value is -1.74. The maximum atomic E-state index is 11.8. The summed E-state index contributed by atoms with van der Waals surface area (Å²) in [6.07, 6.45) is 5.26. The molecule has 0 radical (unpaired) electrons. The third-order valence-electron chi connectivity index (χ3n) is 2.07. The van der Waals surface area contributed by atoms with E-state index < -0.39 is 10.8 Å². The Morgan fingerprint density at radius 3 is 2.38 bits per heavy atom. The van der Waals surface area contributed by atoms with Gasteiger partial charge in [0.1, 0.15) is 0 Å². The molecule has 1 heterocycles. The molecule has 0 aliphatic rings. The molecule has 1 unspecified atom stereocenters. The van der Waals surface area contributed by atoms with E-state index in [1.165, 1.54) is 0 Å². The van der Waals surface area contributed by atoms with Crippen LogP contribution in [0.1, 0.15) is 5.56 Å². The van der Waals surface area contributed by atoms with Crippen molar-refractivity contribution in [2.45, 2.75) is 4.90 Å². The molecule has 3 heteroatoms. The van der Waals surface area contributed by atoms with E-state index in [1.807, 2.05) is 48.5 Å². The molecule has 80 valence electrons. The van der Waals surface area contributed by atoms with Crippen molar-refractivity contribution in [1.29, 1.82) is 0 Å². The van der Waals surface area contributed by atoms with Crippen LogP contribution in [-0.2, 0) is 10.8 Å². The molecule has 0 saturated heterocycles. The summed E-state index contributed by atoms with van der Waals surface area (Å²) >= 11 is 0. The zero-order valence-electron chi connectivity index (χ0n) is 8.61. The van der Waals surface area contributed by atoms with Crippen molar-refractivity contribution in [2.24, 2.45) is 0 Å². The van der Waals surface area contributed by atoms with Gasteiger partial charge in [0.05, 0.1) is 10.8 Å². The lowest BCUT2D eigenvalue weighted by atomic mass is 10.3. The molecular weight excluding hydrogens is 218 g/mol. The highest BCUT2D eigenvalue weighted by Crippen LogP contribution is 2.08.